The molecule has 1 unspecified atom stereocenters. The van der Waals surface area contributed by atoms with E-state index in [-0.39, 0.29) is 17.5 Å². The van der Waals surface area contributed by atoms with Gasteiger partial charge in [0, 0.05) is 0 Å². The van der Waals surface area contributed by atoms with Crippen LogP contribution >= 0.6 is 23.2 Å². The zero-order valence-electron chi connectivity index (χ0n) is 14.3. The lowest BCUT2D eigenvalue weighted by Gasteiger charge is -2.25. The van der Waals surface area contributed by atoms with Crippen molar-refractivity contribution in [3.63, 3.8) is 0 Å². The van der Waals surface area contributed by atoms with Gasteiger partial charge in [-0.05, 0) is 52.3 Å². The Hall–Kier alpha value is -1.50. The van der Waals surface area contributed by atoms with Gasteiger partial charge in [-0.2, -0.15) is 0 Å². The Morgan fingerprint density at radius 1 is 1.25 bits per heavy atom. The Morgan fingerprint density at radius 3 is 2.38 bits per heavy atom. The first-order chi connectivity index (χ1) is 11.0. The number of carbonyl (C=O) groups is 1. The van der Waals surface area contributed by atoms with Crippen LogP contribution in [-0.4, -0.2) is 29.3 Å². The van der Waals surface area contributed by atoms with Gasteiger partial charge < -0.3 is 14.6 Å². The van der Waals surface area contributed by atoms with Gasteiger partial charge in [-0.25, -0.2) is 10.2 Å². The van der Waals surface area contributed by atoms with Crippen molar-refractivity contribution in [2.45, 2.75) is 45.8 Å². The smallest absolute Gasteiger partial charge is 0.428 e. The van der Waals surface area contributed by atoms with E-state index >= 15 is 0 Å². The number of halogens is 2. The van der Waals surface area contributed by atoms with Crippen LogP contribution in [0.3, 0.4) is 0 Å². The van der Waals surface area contributed by atoms with E-state index in [4.69, 9.17) is 32.7 Å². The second kappa shape index (κ2) is 8.05. The topological polar surface area (TPSA) is 80.2 Å². The number of benzene rings is 1. The maximum atomic E-state index is 11.7. The number of carbonyl (C=O) groups excluding carboxylic acids is 1. The number of aliphatic hydroxyl groups is 1. The molecule has 1 aromatic carbocycles. The molecule has 0 fully saturated rings. The quantitative estimate of drug-likeness (QED) is 0.471. The number of amides is 1. The number of hydrogen-bond donors (Lipinski definition) is 2. The summed E-state index contributed by atoms with van der Waals surface area (Å²) in [5.41, 5.74) is 0.326. The third kappa shape index (κ3) is 5.85. The molecule has 1 amide bonds. The van der Waals surface area contributed by atoms with E-state index in [9.17, 15) is 9.90 Å². The first-order valence-electron chi connectivity index (χ1n) is 7.35. The average Bonchev–Trinajstić information content (AvgIpc) is 2.44. The monoisotopic (exact) mass is 376 g/mol. The van der Waals surface area contributed by atoms with Crippen LogP contribution < -0.4 is 5.43 Å². The van der Waals surface area contributed by atoms with Gasteiger partial charge >= 0.3 is 6.09 Å². The van der Waals surface area contributed by atoms with E-state index in [1.807, 2.05) is 0 Å². The minimum Gasteiger partial charge on any atom is -0.478 e. The molecule has 24 heavy (non-hydrogen) atoms. The van der Waals surface area contributed by atoms with Gasteiger partial charge in [0.2, 0.25) is 5.90 Å². The molecule has 1 rings (SSSR count). The largest absolute Gasteiger partial charge is 0.478 e. The Balaban J connectivity index is 3.05. The van der Waals surface area contributed by atoms with Crippen LogP contribution in [0.2, 0.25) is 10.0 Å². The van der Waals surface area contributed by atoms with Gasteiger partial charge in [-0.1, -0.05) is 29.3 Å². The van der Waals surface area contributed by atoms with E-state index in [0.29, 0.717) is 10.6 Å². The molecule has 0 aromatic heterocycles. The second-order valence-corrected chi connectivity index (χ2v) is 6.98. The summed E-state index contributed by atoms with van der Waals surface area (Å²) < 4.78 is 10.5. The molecule has 0 aliphatic heterocycles. The van der Waals surface area contributed by atoms with Crippen molar-refractivity contribution in [1.29, 1.82) is 0 Å². The lowest BCUT2D eigenvalue weighted by Crippen LogP contribution is -2.37. The van der Waals surface area contributed by atoms with Crippen LogP contribution in [0.5, 0.6) is 0 Å². The molecule has 0 aliphatic rings. The number of rotatable bonds is 4. The fraction of sp³-hybridized carbons (Fsp3) is 0.500. The van der Waals surface area contributed by atoms with E-state index in [1.165, 1.54) is 13.0 Å². The first-order valence-corrected chi connectivity index (χ1v) is 8.11. The number of ether oxygens (including phenoxy) is 2. The molecule has 134 valence electrons. The van der Waals surface area contributed by atoms with E-state index < -0.39 is 17.3 Å². The summed E-state index contributed by atoms with van der Waals surface area (Å²) in [5, 5.41) is 15.3. The molecule has 0 radical (unpaired) electrons. The molecule has 1 atom stereocenters. The summed E-state index contributed by atoms with van der Waals surface area (Å²) in [7, 11) is 0. The molecule has 6 nitrogen and oxygen atoms in total. The summed E-state index contributed by atoms with van der Waals surface area (Å²) in [6.45, 7) is 8.63. The van der Waals surface area contributed by atoms with Crippen molar-refractivity contribution in [3.05, 3.63) is 33.8 Å². The number of nitrogens with one attached hydrogen (secondary N) is 1. The predicted octanol–water partition coefficient (Wildman–Crippen LogP) is 4.08. The molecular weight excluding hydrogens is 355 g/mol. The lowest BCUT2D eigenvalue weighted by molar-refractivity contribution is 0.0518. The van der Waals surface area contributed by atoms with Crippen LogP contribution in [0.1, 0.15) is 40.2 Å². The van der Waals surface area contributed by atoms with Gasteiger partial charge in [-0.15, -0.1) is 5.10 Å². The lowest BCUT2D eigenvalue weighted by atomic mass is 9.96. The predicted molar refractivity (Wildman–Crippen MR) is 94.5 cm³/mol. The summed E-state index contributed by atoms with van der Waals surface area (Å²) in [5.74, 6) is -0.103. The third-order valence-corrected chi connectivity index (χ3v) is 3.57. The van der Waals surface area contributed by atoms with Crippen LogP contribution in [0.4, 0.5) is 4.79 Å². The van der Waals surface area contributed by atoms with Gasteiger partial charge in [-0.3, -0.25) is 0 Å². The van der Waals surface area contributed by atoms with Crippen molar-refractivity contribution in [2.75, 3.05) is 6.61 Å². The maximum Gasteiger partial charge on any atom is 0.428 e. The standard InChI is InChI=1S/C16H22Cl2N2O4/c1-6-23-13(19-20-14(21)24-15(2,3)4)16(5,22)10-7-8-11(17)12(18)9-10/h7-9,22H,6H2,1-5H3,(H,20,21)/b19-13+. The van der Waals surface area contributed by atoms with E-state index in [1.54, 1.807) is 39.8 Å². The van der Waals surface area contributed by atoms with Gasteiger partial charge in [0.05, 0.1) is 16.7 Å². The maximum absolute atomic E-state index is 11.7. The summed E-state index contributed by atoms with van der Waals surface area (Å²) in [6.07, 6.45) is -0.760. The highest BCUT2D eigenvalue weighted by Gasteiger charge is 2.33. The molecule has 0 bridgehead atoms. The van der Waals surface area contributed by atoms with Crippen LogP contribution in [0.25, 0.3) is 0 Å². The molecule has 8 heteroatoms. The van der Waals surface area contributed by atoms with Crippen molar-refractivity contribution < 1.29 is 19.4 Å². The fourth-order valence-electron chi connectivity index (χ4n) is 1.74. The normalized spacial score (nSPS) is 14.8. The Morgan fingerprint density at radius 2 is 1.88 bits per heavy atom. The summed E-state index contributed by atoms with van der Waals surface area (Å²) in [4.78, 5) is 11.7. The highest BCUT2D eigenvalue weighted by molar-refractivity contribution is 6.42. The van der Waals surface area contributed by atoms with Crippen molar-refractivity contribution >= 4 is 35.2 Å². The molecule has 0 saturated heterocycles. The number of nitrogens with zero attached hydrogens (tertiary/aromatic N) is 1. The van der Waals surface area contributed by atoms with E-state index in [2.05, 4.69) is 10.5 Å². The van der Waals surface area contributed by atoms with Crippen molar-refractivity contribution in [3.8, 4) is 0 Å². The van der Waals surface area contributed by atoms with Crippen molar-refractivity contribution in [1.82, 2.24) is 5.43 Å². The van der Waals surface area contributed by atoms with Gasteiger partial charge in [0.25, 0.3) is 0 Å². The van der Waals surface area contributed by atoms with Crippen molar-refractivity contribution in [2.24, 2.45) is 5.10 Å². The SMILES string of the molecule is CCO/C(=N/NC(=O)OC(C)(C)C)C(C)(O)c1ccc(Cl)c(Cl)c1. The van der Waals surface area contributed by atoms with Crippen LogP contribution in [0, 0.1) is 0 Å². The highest BCUT2D eigenvalue weighted by Crippen LogP contribution is 2.30. The van der Waals surface area contributed by atoms with Gasteiger partial charge in [0.1, 0.15) is 5.60 Å². The minimum absolute atomic E-state index is 0.103. The Labute approximate surface area is 151 Å². The molecule has 0 heterocycles. The Kier molecular flexibility index (Phi) is 6.89. The van der Waals surface area contributed by atoms with E-state index in [0.717, 1.165) is 0 Å². The highest BCUT2D eigenvalue weighted by atomic mass is 35.5. The Bertz CT molecular complexity index is 625. The first kappa shape index (κ1) is 20.5. The minimum atomic E-state index is -1.63. The molecule has 0 spiro atoms. The van der Waals surface area contributed by atoms with Gasteiger partial charge in [0.15, 0.2) is 5.60 Å². The molecule has 0 saturated carbocycles. The molecule has 0 aliphatic carbocycles. The number of hydrazone groups is 1. The zero-order chi connectivity index (χ0) is 18.5. The summed E-state index contributed by atoms with van der Waals surface area (Å²) >= 11 is 11.9. The molecular formula is C16H22Cl2N2O4. The third-order valence-electron chi connectivity index (χ3n) is 2.83. The summed E-state index contributed by atoms with van der Waals surface area (Å²) in [6, 6.07) is 4.65. The zero-order valence-corrected chi connectivity index (χ0v) is 15.8. The molecule has 2 N–H and O–H groups in total. The fourth-order valence-corrected chi connectivity index (χ4v) is 2.04. The van der Waals surface area contributed by atoms with Crippen LogP contribution in [0.15, 0.2) is 23.3 Å². The number of hydrogen-bond acceptors (Lipinski definition) is 5. The second-order valence-electron chi connectivity index (χ2n) is 6.16. The van der Waals surface area contributed by atoms with Crippen LogP contribution in [-0.2, 0) is 15.1 Å². The molecule has 1 aromatic rings. The average molecular weight is 377 g/mol.